The van der Waals surface area contributed by atoms with Crippen LogP contribution < -0.4 is 20.9 Å². The standard InChI is InChI=1S/C17H22BN3O7.ClH/c19-11(16(20)23)2-4-13(22)21-7-10(8-21)27-12-3-1-9-5-6-18(26)28-15(9)14(12)17(24)25;/h1,3,10-11,26H,2,4-8,19H2,(H2,20,23)(H,24,25);1H/t11-;/m0./s1. The number of hydrogen-bond donors (Lipinski definition) is 4. The molecule has 1 aromatic carbocycles. The summed E-state index contributed by atoms with van der Waals surface area (Å²) in [5.41, 5.74) is 11.1. The predicted molar refractivity (Wildman–Crippen MR) is 105 cm³/mol. The first-order chi connectivity index (χ1) is 13.3. The Hall–Kier alpha value is -2.50. The molecule has 2 heterocycles. The molecule has 2 aliphatic heterocycles. The number of carboxylic acid groups (broad SMARTS) is 1. The first-order valence-electron chi connectivity index (χ1n) is 8.99. The summed E-state index contributed by atoms with van der Waals surface area (Å²) < 4.78 is 11.1. The van der Waals surface area contributed by atoms with Gasteiger partial charge in [-0.25, -0.2) is 4.79 Å². The number of nitrogens with two attached hydrogens (primary N) is 2. The summed E-state index contributed by atoms with van der Waals surface area (Å²) in [6.45, 7) is 0.592. The molecule has 3 rings (SSSR count). The van der Waals surface area contributed by atoms with Crippen molar-refractivity contribution in [3.63, 3.8) is 0 Å². The number of halogens is 1. The van der Waals surface area contributed by atoms with Crippen LogP contribution in [0.2, 0.25) is 6.32 Å². The Morgan fingerprint density at radius 3 is 2.66 bits per heavy atom. The number of carboxylic acids is 1. The highest BCUT2D eigenvalue weighted by atomic mass is 35.5. The van der Waals surface area contributed by atoms with E-state index in [4.69, 9.17) is 20.9 Å². The van der Waals surface area contributed by atoms with E-state index < -0.39 is 25.0 Å². The maximum Gasteiger partial charge on any atom is 0.522 e. The monoisotopic (exact) mass is 427 g/mol. The normalized spacial score (nSPS) is 16.6. The Bertz CT molecular complexity index is 803. The third-order valence-electron chi connectivity index (χ3n) is 4.86. The second-order valence-electron chi connectivity index (χ2n) is 6.93. The van der Waals surface area contributed by atoms with Gasteiger partial charge in [0.25, 0.3) is 0 Å². The minimum Gasteiger partial charge on any atom is -0.535 e. The van der Waals surface area contributed by atoms with Gasteiger partial charge < -0.3 is 35.9 Å². The molecule has 29 heavy (non-hydrogen) atoms. The van der Waals surface area contributed by atoms with Crippen LogP contribution in [0.25, 0.3) is 0 Å². The Morgan fingerprint density at radius 2 is 2.03 bits per heavy atom. The highest BCUT2D eigenvalue weighted by Crippen LogP contribution is 2.37. The van der Waals surface area contributed by atoms with Crippen LogP contribution in [0, 0.1) is 0 Å². The average Bonchev–Trinajstić information content (AvgIpc) is 2.60. The lowest BCUT2D eigenvalue weighted by Crippen LogP contribution is -2.56. The van der Waals surface area contributed by atoms with Crippen LogP contribution in [0.5, 0.6) is 11.5 Å². The van der Waals surface area contributed by atoms with Crippen molar-refractivity contribution in [2.45, 2.75) is 37.7 Å². The summed E-state index contributed by atoms with van der Waals surface area (Å²) in [6.07, 6.45) is 0.811. The number of amides is 2. The van der Waals surface area contributed by atoms with Gasteiger partial charge in [-0.1, -0.05) is 6.07 Å². The van der Waals surface area contributed by atoms with Crippen molar-refractivity contribution in [2.75, 3.05) is 13.1 Å². The van der Waals surface area contributed by atoms with Crippen LogP contribution in [-0.2, 0) is 16.0 Å². The molecule has 158 valence electrons. The molecule has 0 aromatic heterocycles. The molecule has 1 aromatic rings. The summed E-state index contributed by atoms with van der Waals surface area (Å²) in [4.78, 5) is 36.2. The molecule has 2 amide bonds. The van der Waals surface area contributed by atoms with E-state index in [9.17, 15) is 24.5 Å². The third kappa shape index (κ3) is 5.11. The van der Waals surface area contributed by atoms with E-state index in [2.05, 4.69) is 0 Å². The van der Waals surface area contributed by atoms with E-state index in [0.717, 1.165) is 0 Å². The number of aryl methyl sites for hydroxylation is 1. The number of primary amides is 1. The van der Waals surface area contributed by atoms with Crippen molar-refractivity contribution >= 4 is 37.3 Å². The predicted octanol–water partition coefficient (Wildman–Crippen LogP) is -0.596. The maximum absolute atomic E-state index is 12.1. The van der Waals surface area contributed by atoms with Gasteiger partial charge >= 0.3 is 13.1 Å². The molecular formula is C17H23BClN3O7. The number of carbonyl (C=O) groups excluding carboxylic acids is 2. The highest BCUT2D eigenvalue weighted by Gasteiger charge is 2.35. The Morgan fingerprint density at radius 1 is 1.34 bits per heavy atom. The summed E-state index contributed by atoms with van der Waals surface area (Å²) >= 11 is 0. The molecule has 0 bridgehead atoms. The maximum atomic E-state index is 12.1. The van der Waals surface area contributed by atoms with Crippen molar-refractivity contribution in [2.24, 2.45) is 11.5 Å². The van der Waals surface area contributed by atoms with Crippen molar-refractivity contribution in [3.8, 4) is 11.5 Å². The van der Waals surface area contributed by atoms with Crippen molar-refractivity contribution < 1.29 is 33.9 Å². The van der Waals surface area contributed by atoms with E-state index in [0.29, 0.717) is 31.4 Å². The number of hydrogen-bond acceptors (Lipinski definition) is 7. The van der Waals surface area contributed by atoms with Crippen LogP contribution in [0.3, 0.4) is 0 Å². The minimum absolute atomic E-state index is 0. The molecule has 1 saturated heterocycles. The fourth-order valence-electron chi connectivity index (χ4n) is 3.19. The van der Waals surface area contributed by atoms with Crippen LogP contribution in [0.1, 0.15) is 28.8 Å². The molecule has 10 nitrogen and oxygen atoms in total. The van der Waals surface area contributed by atoms with Gasteiger partial charge in [0.2, 0.25) is 11.8 Å². The second kappa shape index (κ2) is 9.34. The van der Waals surface area contributed by atoms with E-state index in [1.165, 1.54) is 4.90 Å². The zero-order valence-electron chi connectivity index (χ0n) is 15.6. The van der Waals surface area contributed by atoms with Gasteiger partial charge in [-0.3, -0.25) is 9.59 Å². The van der Waals surface area contributed by atoms with Gasteiger partial charge in [-0.05, 0) is 30.8 Å². The van der Waals surface area contributed by atoms with Gasteiger partial charge in [0.05, 0.1) is 19.1 Å². The van der Waals surface area contributed by atoms with Crippen LogP contribution in [0.4, 0.5) is 0 Å². The first-order valence-corrected chi connectivity index (χ1v) is 8.99. The summed E-state index contributed by atoms with van der Waals surface area (Å²) in [6, 6.07) is 2.43. The third-order valence-corrected chi connectivity index (χ3v) is 4.86. The molecule has 0 aliphatic carbocycles. The van der Waals surface area contributed by atoms with Gasteiger partial charge in [-0.15, -0.1) is 12.4 Å². The van der Waals surface area contributed by atoms with Crippen molar-refractivity contribution in [3.05, 3.63) is 23.3 Å². The summed E-state index contributed by atoms with van der Waals surface area (Å²) in [5.74, 6) is -1.79. The molecule has 6 N–H and O–H groups in total. The lowest BCUT2D eigenvalue weighted by Gasteiger charge is -2.39. The summed E-state index contributed by atoms with van der Waals surface area (Å²) in [7, 11) is -1.05. The number of likely N-dealkylation sites (tertiary alicyclic amines) is 1. The molecule has 2 aliphatic rings. The quantitative estimate of drug-likeness (QED) is 0.419. The smallest absolute Gasteiger partial charge is 0.522 e. The zero-order chi connectivity index (χ0) is 20.4. The number of rotatable bonds is 7. The number of ether oxygens (including phenoxy) is 1. The topological polar surface area (TPSA) is 165 Å². The Labute approximate surface area is 173 Å². The number of fused-ring (bicyclic) bond motifs is 1. The summed E-state index contributed by atoms with van der Waals surface area (Å²) in [5, 5.41) is 19.2. The Kier molecular flexibility index (Phi) is 7.34. The van der Waals surface area contributed by atoms with Crippen LogP contribution >= 0.6 is 12.4 Å². The molecule has 0 radical (unpaired) electrons. The number of aromatic carboxylic acids is 1. The molecular weight excluding hydrogens is 404 g/mol. The van der Waals surface area contributed by atoms with Gasteiger partial charge in [0.15, 0.2) is 0 Å². The second-order valence-corrected chi connectivity index (χ2v) is 6.93. The van der Waals surface area contributed by atoms with E-state index in [1.807, 2.05) is 0 Å². The van der Waals surface area contributed by atoms with E-state index in [-0.39, 0.29) is 54.3 Å². The first kappa shape index (κ1) is 22.8. The van der Waals surface area contributed by atoms with Crippen LogP contribution in [0.15, 0.2) is 12.1 Å². The van der Waals surface area contributed by atoms with E-state index >= 15 is 0 Å². The van der Waals surface area contributed by atoms with Crippen LogP contribution in [-0.4, -0.2) is 65.2 Å². The molecule has 0 unspecified atom stereocenters. The fraction of sp³-hybridized carbons (Fsp3) is 0.471. The zero-order valence-corrected chi connectivity index (χ0v) is 16.4. The van der Waals surface area contributed by atoms with Crippen molar-refractivity contribution in [1.82, 2.24) is 4.90 Å². The Balaban J connectivity index is 0.00000300. The largest absolute Gasteiger partial charge is 0.535 e. The molecule has 0 spiro atoms. The number of benzene rings is 1. The van der Waals surface area contributed by atoms with Crippen molar-refractivity contribution in [1.29, 1.82) is 0 Å². The molecule has 1 atom stereocenters. The average molecular weight is 428 g/mol. The van der Waals surface area contributed by atoms with Gasteiger partial charge in [0.1, 0.15) is 23.2 Å². The minimum atomic E-state index is -1.21. The fourth-order valence-corrected chi connectivity index (χ4v) is 3.19. The number of nitrogens with zero attached hydrogens (tertiary/aromatic N) is 1. The molecule has 1 fully saturated rings. The lowest BCUT2D eigenvalue weighted by molar-refractivity contribution is -0.140. The highest BCUT2D eigenvalue weighted by molar-refractivity contribution is 6.44. The van der Waals surface area contributed by atoms with Gasteiger partial charge in [0, 0.05) is 6.42 Å². The number of carbonyl (C=O) groups is 3. The molecule has 12 heteroatoms. The van der Waals surface area contributed by atoms with E-state index in [1.54, 1.807) is 12.1 Å². The molecule has 0 saturated carbocycles. The SMILES string of the molecule is Cl.NC(=O)[C@@H](N)CCC(=O)N1CC(Oc2ccc3c(c2C(=O)O)OB(O)CC3)C1. The lowest BCUT2D eigenvalue weighted by atomic mass is 9.78. The van der Waals surface area contributed by atoms with Gasteiger partial charge in [-0.2, -0.15) is 0 Å².